The van der Waals surface area contributed by atoms with Crippen LogP contribution in [0.25, 0.3) is 0 Å². The minimum Gasteiger partial charge on any atom is -0.375 e. The van der Waals surface area contributed by atoms with Gasteiger partial charge in [-0.05, 0) is 31.5 Å². The largest absolute Gasteiger partial charge is 0.434 e. The maximum atomic E-state index is 12.7. The zero-order valence-corrected chi connectivity index (χ0v) is 20.4. The van der Waals surface area contributed by atoms with E-state index in [0.717, 1.165) is 41.2 Å². The van der Waals surface area contributed by atoms with Gasteiger partial charge in [-0.25, -0.2) is 15.0 Å². The highest BCUT2D eigenvalue weighted by atomic mass is 127. The number of halogens is 4. The van der Waals surface area contributed by atoms with Crippen molar-refractivity contribution in [2.45, 2.75) is 39.2 Å². The molecule has 0 aliphatic carbocycles. The van der Waals surface area contributed by atoms with Gasteiger partial charge >= 0.3 is 6.18 Å². The molecule has 1 aliphatic rings. The molecule has 2 N–H and O–H groups in total. The number of nitrogens with one attached hydrogen (secondary N) is 2. The Kier molecular flexibility index (Phi) is 9.75. The van der Waals surface area contributed by atoms with Gasteiger partial charge in [0.2, 0.25) is 0 Å². The molecule has 1 aliphatic heterocycles. The number of thiazole rings is 1. The minimum atomic E-state index is -4.43. The topological polar surface area (TPSA) is 74.7 Å². The highest BCUT2D eigenvalue weighted by molar-refractivity contribution is 14.0. The van der Waals surface area contributed by atoms with Crippen LogP contribution in [0.2, 0.25) is 0 Å². The van der Waals surface area contributed by atoms with Gasteiger partial charge in [0.15, 0.2) is 11.7 Å². The molecule has 0 saturated carbocycles. The van der Waals surface area contributed by atoms with E-state index in [1.54, 1.807) is 6.20 Å². The van der Waals surface area contributed by atoms with E-state index < -0.39 is 11.9 Å². The highest BCUT2D eigenvalue weighted by Crippen LogP contribution is 2.29. The minimum absolute atomic E-state index is 0. The van der Waals surface area contributed by atoms with Gasteiger partial charge in [-0.2, -0.15) is 13.2 Å². The van der Waals surface area contributed by atoms with Crippen LogP contribution in [-0.4, -0.2) is 48.3 Å². The Hall–Kier alpha value is -1.67. The summed E-state index contributed by atoms with van der Waals surface area (Å²) in [6.07, 6.45) is -2.50. The standard InChI is InChI=1S/C19H25F3N6OS.HI/c1-3-23-18(26-10-17-27-15(12-30-17)19(20,21)22)25-9-14-4-5-24-16(8-14)28-6-7-29-13(2)11-28;/h4-5,8,12-13H,3,6-7,9-11H2,1-2H3,(H2,23,25,26);1H. The van der Waals surface area contributed by atoms with Crippen molar-refractivity contribution in [3.05, 3.63) is 40.0 Å². The van der Waals surface area contributed by atoms with E-state index in [1.165, 1.54) is 0 Å². The maximum absolute atomic E-state index is 12.7. The molecule has 0 spiro atoms. The summed E-state index contributed by atoms with van der Waals surface area (Å²) in [4.78, 5) is 14.8. The van der Waals surface area contributed by atoms with Crippen molar-refractivity contribution >= 4 is 47.1 Å². The lowest BCUT2D eigenvalue weighted by atomic mass is 10.2. The third kappa shape index (κ3) is 7.75. The lowest BCUT2D eigenvalue weighted by Crippen LogP contribution is -2.41. The monoisotopic (exact) mass is 570 g/mol. The Balaban J connectivity index is 0.00000341. The number of aliphatic imine (C=N–C) groups is 1. The lowest BCUT2D eigenvalue weighted by molar-refractivity contribution is -0.140. The average molecular weight is 570 g/mol. The molecule has 3 heterocycles. The van der Waals surface area contributed by atoms with Crippen LogP contribution in [0, 0.1) is 0 Å². The van der Waals surface area contributed by atoms with Crippen LogP contribution in [0.3, 0.4) is 0 Å². The zero-order chi connectivity index (χ0) is 21.6. The number of hydrogen-bond acceptors (Lipinski definition) is 6. The number of anilines is 1. The molecule has 1 fully saturated rings. The smallest absolute Gasteiger partial charge is 0.375 e. The fourth-order valence-electron chi connectivity index (χ4n) is 2.95. The van der Waals surface area contributed by atoms with Crippen LogP contribution >= 0.6 is 35.3 Å². The summed E-state index contributed by atoms with van der Waals surface area (Å²) in [5.74, 6) is 1.40. The summed E-state index contributed by atoms with van der Waals surface area (Å²) in [6, 6.07) is 3.90. The van der Waals surface area contributed by atoms with Crippen molar-refractivity contribution in [2.75, 3.05) is 31.1 Å². The third-order valence-electron chi connectivity index (χ3n) is 4.39. The Labute approximate surface area is 200 Å². The van der Waals surface area contributed by atoms with E-state index in [-0.39, 0.29) is 36.6 Å². The SMILES string of the molecule is CCNC(=NCc1ccnc(N2CCOC(C)C2)c1)NCc1nc(C(F)(F)F)cs1.I. The van der Waals surface area contributed by atoms with E-state index in [4.69, 9.17) is 4.74 Å². The molecule has 1 saturated heterocycles. The second-order valence-electron chi connectivity index (χ2n) is 6.82. The summed E-state index contributed by atoms with van der Waals surface area (Å²) >= 11 is 0.968. The second-order valence-corrected chi connectivity index (χ2v) is 7.77. The number of aromatic nitrogens is 2. The number of hydrogen-bond donors (Lipinski definition) is 2. The van der Waals surface area contributed by atoms with E-state index in [1.807, 2.05) is 26.0 Å². The van der Waals surface area contributed by atoms with Crippen molar-refractivity contribution < 1.29 is 17.9 Å². The molecule has 0 bridgehead atoms. The molecule has 2 aromatic heterocycles. The molecule has 1 unspecified atom stereocenters. The van der Waals surface area contributed by atoms with Crippen LogP contribution < -0.4 is 15.5 Å². The molecule has 3 rings (SSSR count). The Morgan fingerprint density at radius 3 is 2.87 bits per heavy atom. The molecular formula is C19H26F3IN6OS. The number of morpholine rings is 1. The van der Waals surface area contributed by atoms with Gasteiger partial charge in [0.1, 0.15) is 10.8 Å². The van der Waals surface area contributed by atoms with Crippen LogP contribution in [0.4, 0.5) is 19.0 Å². The molecule has 2 aromatic rings. The van der Waals surface area contributed by atoms with E-state index in [2.05, 4.69) is 30.5 Å². The first-order valence-electron chi connectivity index (χ1n) is 9.70. The molecule has 7 nitrogen and oxygen atoms in total. The molecule has 0 amide bonds. The first-order chi connectivity index (χ1) is 14.3. The summed E-state index contributed by atoms with van der Waals surface area (Å²) in [7, 11) is 0. The van der Waals surface area contributed by atoms with Gasteiger partial charge in [0.25, 0.3) is 0 Å². The van der Waals surface area contributed by atoms with E-state index >= 15 is 0 Å². The van der Waals surface area contributed by atoms with Crippen molar-refractivity contribution in [1.29, 1.82) is 0 Å². The molecule has 12 heteroatoms. The lowest BCUT2D eigenvalue weighted by Gasteiger charge is -2.32. The third-order valence-corrected chi connectivity index (χ3v) is 5.24. The molecule has 0 aromatic carbocycles. The van der Waals surface area contributed by atoms with Crippen molar-refractivity contribution in [1.82, 2.24) is 20.6 Å². The molecule has 31 heavy (non-hydrogen) atoms. The Bertz CT molecular complexity index is 863. The van der Waals surface area contributed by atoms with E-state index in [9.17, 15) is 13.2 Å². The Morgan fingerprint density at radius 1 is 1.39 bits per heavy atom. The van der Waals surface area contributed by atoms with Gasteiger partial charge in [-0.3, -0.25) is 0 Å². The molecule has 1 atom stereocenters. The number of guanidine groups is 1. The predicted octanol–water partition coefficient (Wildman–Crippen LogP) is 3.66. The zero-order valence-electron chi connectivity index (χ0n) is 17.3. The predicted molar refractivity (Wildman–Crippen MR) is 126 cm³/mol. The molecular weight excluding hydrogens is 544 g/mol. The van der Waals surface area contributed by atoms with Crippen LogP contribution in [0.15, 0.2) is 28.7 Å². The number of ether oxygens (including phenoxy) is 1. The average Bonchev–Trinajstić information content (AvgIpc) is 3.20. The normalized spacial score (nSPS) is 17.3. The van der Waals surface area contributed by atoms with Gasteiger partial charge in [0.05, 0.1) is 25.8 Å². The first kappa shape index (κ1) is 25.6. The maximum Gasteiger partial charge on any atom is 0.434 e. The summed E-state index contributed by atoms with van der Waals surface area (Å²) in [5, 5.41) is 7.50. The van der Waals surface area contributed by atoms with Crippen molar-refractivity contribution in [2.24, 2.45) is 4.99 Å². The van der Waals surface area contributed by atoms with Gasteiger partial charge < -0.3 is 20.3 Å². The highest BCUT2D eigenvalue weighted by Gasteiger charge is 2.33. The molecule has 0 radical (unpaired) electrons. The van der Waals surface area contributed by atoms with Crippen LogP contribution in [-0.2, 0) is 24.0 Å². The number of rotatable bonds is 6. The van der Waals surface area contributed by atoms with Gasteiger partial charge in [-0.15, -0.1) is 35.3 Å². The van der Waals surface area contributed by atoms with Crippen LogP contribution in [0.1, 0.15) is 30.1 Å². The summed E-state index contributed by atoms with van der Waals surface area (Å²) in [5.41, 5.74) is 0.123. The fraction of sp³-hybridized carbons (Fsp3) is 0.526. The number of nitrogens with zero attached hydrogens (tertiary/aromatic N) is 4. The number of pyridine rings is 1. The van der Waals surface area contributed by atoms with Gasteiger partial charge in [-0.1, -0.05) is 0 Å². The fourth-order valence-corrected chi connectivity index (χ4v) is 3.69. The second kappa shape index (κ2) is 11.8. The van der Waals surface area contributed by atoms with Crippen molar-refractivity contribution in [3.8, 4) is 0 Å². The van der Waals surface area contributed by atoms with E-state index in [0.29, 0.717) is 30.7 Å². The summed E-state index contributed by atoms with van der Waals surface area (Å²) < 4.78 is 43.6. The van der Waals surface area contributed by atoms with Gasteiger partial charge in [0, 0.05) is 31.2 Å². The van der Waals surface area contributed by atoms with Crippen molar-refractivity contribution in [3.63, 3.8) is 0 Å². The van der Waals surface area contributed by atoms with Crippen LogP contribution in [0.5, 0.6) is 0 Å². The number of alkyl halides is 3. The summed E-state index contributed by atoms with van der Waals surface area (Å²) in [6.45, 7) is 7.43. The quantitative estimate of drug-likeness (QED) is 0.314. The first-order valence-corrected chi connectivity index (χ1v) is 10.6. The Morgan fingerprint density at radius 2 is 2.19 bits per heavy atom. The molecule has 172 valence electrons.